The van der Waals surface area contributed by atoms with E-state index in [-0.39, 0.29) is 12.5 Å². The maximum absolute atomic E-state index is 12.1. The quantitative estimate of drug-likeness (QED) is 0.822. The fraction of sp³-hybridized carbons (Fsp3) is 0.667. The molecule has 2 N–H and O–H groups in total. The molecule has 2 rings (SSSR count). The first-order valence-electron chi connectivity index (χ1n) is 6.29. The predicted octanol–water partition coefficient (Wildman–Crippen LogP) is 0.0179. The van der Waals surface area contributed by atoms with Crippen LogP contribution in [-0.2, 0) is 11.3 Å². The average molecular weight is 251 g/mol. The van der Waals surface area contributed by atoms with Gasteiger partial charge in [0.2, 0.25) is 5.91 Å². The third kappa shape index (κ3) is 3.01. The van der Waals surface area contributed by atoms with Crippen LogP contribution >= 0.6 is 0 Å². The summed E-state index contributed by atoms with van der Waals surface area (Å²) in [4.78, 5) is 16.3. The normalized spacial score (nSPS) is 17.9. The van der Waals surface area contributed by atoms with Crippen molar-refractivity contribution in [3.8, 4) is 0 Å². The summed E-state index contributed by atoms with van der Waals surface area (Å²) in [7, 11) is 4.00. The van der Waals surface area contributed by atoms with E-state index in [2.05, 4.69) is 17.0 Å². The topological polar surface area (TPSA) is 67.4 Å². The first-order valence-corrected chi connectivity index (χ1v) is 6.29. The van der Waals surface area contributed by atoms with E-state index in [1.165, 1.54) is 0 Å². The predicted molar refractivity (Wildman–Crippen MR) is 69.9 cm³/mol. The number of anilines is 1. The molecule has 0 saturated carbocycles. The van der Waals surface area contributed by atoms with Gasteiger partial charge in [-0.15, -0.1) is 0 Å². The van der Waals surface area contributed by atoms with Crippen LogP contribution in [-0.4, -0.2) is 58.7 Å². The summed E-state index contributed by atoms with van der Waals surface area (Å²) in [6.07, 6.45) is 3.82. The Kier molecular flexibility index (Phi) is 3.86. The molecule has 0 radical (unpaired) electrons. The van der Waals surface area contributed by atoms with Crippen molar-refractivity contribution in [2.75, 3.05) is 32.9 Å². The van der Waals surface area contributed by atoms with Crippen molar-refractivity contribution in [3.63, 3.8) is 0 Å². The van der Waals surface area contributed by atoms with Crippen molar-refractivity contribution in [1.82, 2.24) is 19.6 Å². The number of likely N-dealkylation sites (N-methyl/N-ethyl adjacent to an activating group) is 1. The number of amides is 1. The molecule has 1 aromatic heterocycles. The van der Waals surface area contributed by atoms with E-state index in [0.29, 0.717) is 11.9 Å². The molecule has 0 atom stereocenters. The maximum atomic E-state index is 12.1. The number of carbonyl (C=O) groups excluding carboxylic acids is 1. The average Bonchev–Trinajstić information content (AvgIpc) is 2.75. The third-order valence-corrected chi connectivity index (χ3v) is 3.59. The second-order valence-electron chi connectivity index (χ2n) is 4.98. The van der Waals surface area contributed by atoms with Gasteiger partial charge in [-0.25, -0.2) is 0 Å². The lowest BCUT2D eigenvalue weighted by Gasteiger charge is -2.35. The smallest absolute Gasteiger partial charge is 0.244 e. The molecular formula is C12H21N5O. The van der Waals surface area contributed by atoms with E-state index in [1.807, 2.05) is 11.9 Å². The lowest BCUT2D eigenvalue weighted by Crippen LogP contribution is -2.45. The highest BCUT2D eigenvalue weighted by molar-refractivity contribution is 5.76. The fourth-order valence-corrected chi connectivity index (χ4v) is 2.30. The molecule has 100 valence electrons. The summed E-state index contributed by atoms with van der Waals surface area (Å²) in [5, 5.41) is 4.03. The number of nitrogens with two attached hydrogens (primary N) is 1. The fourth-order valence-electron chi connectivity index (χ4n) is 2.30. The number of nitrogens with zero attached hydrogens (tertiary/aromatic N) is 4. The molecule has 1 fully saturated rings. The Labute approximate surface area is 107 Å². The van der Waals surface area contributed by atoms with Gasteiger partial charge in [0.05, 0.1) is 0 Å². The van der Waals surface area contributed by atoms with E-state index in [1.54, 1.807) is 16.9 Å². The van der Waals surface area contributed by atoms with Gasteiger partial charge >= 0.3 is 0 Å². The molecule has 6 heteroatoms. The molecule has 0 unspecified atom stereocenters. The number of likely N-dealkylation sites (tertiary alicyclic amines) is 1. The van der Waals surface area contributed by atoms with Gasteiger partial charge in [0, 0.05) is 19.3 Å². The van der Waals surface area contributed by atoms with Crippen molar-refractivity contribution >= 4 is 11.7 Å². The van der Waals surface area contributed by atoms with Gasteiger partial charge in [0.15, 0.2) is 0 Å². The van der Waals surface area contributed by atoms with Gasteiger partial charge in [0.25, 0.3) is 0 Å². The summed E-state index contributed by atoms with van der Waals surface area (Å²) in [5.74, 6) is 0.539. The summed E-state index contributed by atoms with van der Waals surface area (Å²) >= 11 is 0. The number of hydrogen-bond donors (Lipinski definition) is 1. The monoisotopic (exact) mass is 251 g/mol. The van der Waals surface area contributed by atoms with E-state index in [0.717, 1.165) is 25.9 Å². The Morgan fingerprint density at radius 3 is 2.78 bits per heavy atom. The molecule has 1 aliphatic rings. The molecule has 1 saturated heterocycles. The molecule has 0 aromatic carbocycles. The van der Waals surface area contributed by atoms with E-state index in [4.69, 9.17) is 5.73 Å². The van der Waals surface area contributed by atoms with E-state index >= 15 is 0 Å². The number of piperidine rings is 1. The van der Waals surface area contributed by atoms with Gasteiger partial charge in [0.1, 0.15) is 12.4 Å². The SMILES string of the molecule is CN1CCC(N(C)C(=O)Cn2ccc(N)n2)CC1. The van der Waals surface area contributed by atoms with Crippen molar-refractivity contribution in [3.05, 3.63) is 12.3 Å². The molecule has 1 aromatic rings. The minimum Gasteiger partial charge on any atom is -0.382 e. The lowest BCUT2D eigenvalue weighted by atomic mass is 10.0. The Morgan fingerprint density at radius 2 is 2.22 bits per heavy atom. The second-order valence-corrected chi connectivity index (χ2v) is 4.98. The Morgan fingerprint density at radius 1 is 1.56 bits per heavy atom. The molecule has 0 spiro atoms. The highest BCUT2D eigenvalue weighted by atomic mass is 16.2. The van der Waals surface area contributed by atoms with Crippen molar-refractivity contribution in [2.24, 2.45) is 0 Å². The van der Waals surface area contributed by atoms with Crippen LogP contribution in [0.4, 0.5) is 5.82 Å². The van der Waals surface area contributed by atoms with E-state index < -0.39 is 0 Å². The minimum atomic E-state index is 0.0904. The third-order valence-electron chi connectivity index (χ3n) is 3.59. The van der Waals surface area contributed by atoms with Crippen LogP contribution in [0.5, 0.6) is 0 Å². The van der Waals surface area contributed by atoms with Crippen molar-refractivity contribution in [2.45, 2.75) is 25.4 Å². The van der Waals surface area contributed by atoms with Crippen LogP contribution in [0, 0.1) is 0 Å². The van der Waals surface area contributed by atoms with Gasteiger partial charge in [-0.2, -0.15) is 5.10 Å². The number of rotatable bonds is 3. The van der Waals surface area contributed by atoms with Crippen molar-refractivity contribution in [1.29, 1.82) is 0 Å². The molecule has 0 bridgehead atoms. The van der Waals surface area contributed by atoms with Crippen LogP contribution in [0.3, 0.4) is 0 Å². The van der Waals surface area contributed by atoms with Crippen LogP contribution in [0.1, 0.15) is 12.8 Å². The Hall–Kier alpha value is -1.56. The zero-order chi connectivity index (χ0) is 13.1. The Bertz CT molecular complexity index is 408. The van der Waals surface area contributed by atoms with Gasteiger partial charge in [-0.3, -0.25) is 9.48 Å². The molecule has 1 amide bonds. The zero-order valence-corrected chi connectivity index (χ0v) is 11.0. The first kappa shape index (κ1) is 12.9. The lowest BCUT2D eigenvalue weighted by molar-refractivity contribution is -0.133. The van der Waals surface area contributed by atoms with Crippen LogP contribution < -0.4 is 5.73 Å². The number of aromatic nitrogens is 2. The first-order chi connectivity index (χ1) is 8.56. The molecule has 1 aliphatic heterocycles. The molecular weight excluding hydrogens is 230 g/mol. The summed E-state index contributed by atoms with van der Waals surface area (Å²) in [6, 6.07) is 2.05. The largest absolute Gasteiger partial charge is 0.382 e. The number of hydrogen-bond acceptors (Lipinski definition) is 4. The standard InChI is InChI=1S/C12H21N5O/c1-15-6-3-10(4-7-15)16(2)12(18)9-17-8-5-11(13)14-17/h5,8,10H,3-4,6-7,9H2,1-2H3,(H2,13,14). The van der Waals surface area contributed by atoms with Crippen molar-refractivity contribution < 1.29 is 4.79 Å². The Balaban J connectivity index is 1.88. The molecule has 18 heavy (non-hydrogen) atoms. The van der Waals surface area contributed by atoms with Crippen LogP contribution in [0.25, 0.3) is 0 Å². The highest BCUT2D eigenvalue weighted by Crippen LogP contribution is 2.14. The summed E-state index contributed by atoms with van der Waals surface area (Å²) < 4.78 is 1.59. The van der Waals surface area contributed by atoms with Gasteiger partial charge < -0.3 is 15.5 Å². The highest BCUT2D eigenvalue weighted by Gasteiger charge is 2.23. The molecule has 6 nitrogen and oxygen atoms in total. The maximum Gasteiger partial charge on any atom is 0.244 e. The number of nitrogen functional groups attached to an aromatic ring is 1. The summed E-state index contributed by atoms with van der Waals surface area (Å²) in [6.45, 7) is 2.37. The molecule has 0 aliphatic carbocycles. The second kappa shape index (κ2) is 5.39. The molecule has 2 heterocycles. The number of carbonyl (C=O) groups is 1. The summed E-state index contributed by atoms with van der Waals surface area (Å²) in [5.41, 5.74) is 5.53. The van der Waals surface area contributed by atoms with Gasteiger partial charge in [-0.05, 0) is 39.0 Å². The van der Waals surface area contributed by atoms with Crippen LogP contribution in [0.15, 0.2) is 12.3 Å². The van der Waals surface area contributed by atoms with Gasteiger partial charge in [-0.1, -0.05) is 0 Å². The zero-order valence-electron chi connectivity index (χ0n) is 11.0. The minimum absolute atomic E-state index is 0.0904. The van der Waals surface area contributed by atoms with E-state index in [9.17, 15) is 4.79 Å². The van der Waals surface area contributed by atoms with Crippen LogP contribution in [0.2, 0.25) is 0 Å².